The van der Waals surface area contributed by atoms with Crippen molar-refractivity contribution in [3.8, 4) is 11.5 Å². The molecule has 0 spiro atoms. The predicted molar refractivity (Wildman–Crippen MR) is 105 cm³/mol. The minimum absolute atomic E-state index is 0.0729. The number of fused-ring (bicyclic) bond motifs is 1. The molecular weight excluding hydrogens is 394 g/mol. The SMILES string of the molecule is CCOC(=O)C1=CCN(S(=O)(=O)c2ccc(C)cc2)C1c1ccc2c(c1)OCO2. The van der Waals surface area contributed by atoms with Crippen molar-refractivity contribution in [2.75, 3.05) is 19.9 Å². The average Bonchev–Trinajstić information content (AvgIpc) is 3.35. The van der Waals surface area contributed by atoms with E-state index in [9.17, 15) is 13.2 Å². The lowest BCUT2D eigenvalue weighted by Gasteiger charge is -2.26. The highest BCUT2D eigenvalue weighted by Crippen LogP contribution is 2.42. The average molecular weight is 415 g/mol. The molecular formula is C21H21NO6S. The third-order valence-electron chi connectivity index (χ3n) is 4.92. The molecule has 8 heteroatoms. The second-order valence-corrected chi connectivity index (χ2v) is 8.67. The zero-order chi connectivity index (χ0) is 20.6. The molecule has 152 valence electrons. The van der Waals surface area contributed by atoms with E-state index in [1.54, 1.807) is 55.5 Å². The van der Waals surface area contributed by atoms with Gasteiger partial charge in [-0.15, -0.1) is 0 Å². The molecule has 0 fully saturated rings. The fourth-order valence-electron chi connectivity index (χ4n) is 3.48. The highest BCUT2D eigenvalue weighted by molar-refractivity contribution is 7.89. The molecule has 2 aliphatic heterocycles. The maximum absolute atomic E-state index is 13.4. The van der Waals surface area contributed by atoms with Crippen molar-refractivity contribution in [2.24, 2.45) is 0 Å². The lowest BCUT2D eigenvalue weighted by Crippen LogP contribution is -2.33. The molecule has 29 heavy (non-hydrogen) atoms. The van der Waals surface area contributed by atoms with Crippen molar-refractivity contribution in [1.29, 1.82) is 0 Å². The lowest BCUT2D eigenvalue weighted by atomic mass is 10.0. The molecule has 2 aromatic carbocycles. The number of rotatable bonds is 5. The zero-order valence-corrected chi connectivity index (χ0v) is 16.9. The van der Waals surface area contributed by atoms with E-state index in [1.807, 2.05) is 6.92 Å². The van der Waals surface area contributed by atoms with Crippen molar-refractivity contribution >= 4 is 16.0 Å². The molecule has 0 radical (unpaired) electrons. The molecule has 7 nitrogen and oxygen atoms in total. The van der Waals surface area contributed by atoms with E-state index in [-0.39, 0.29) is 24.8 Å². The van der Waals surface area contributed by atoms with Crippen LogP contribution in [0.1, 0.15) is 24.1 Å². The van der Waals surface area contributed by atoms with Gasteiger partial charge in [-0.3, -0.25) is 0 Å². The Labute approximate surface area is 169 Å². The molecule has 0 amide bonds. The van der Waals surface area contributed by atoms with Gasteiger partial charge in [0, 0.05) is 6.54 Å². The number of carbonyl (C=O) groups is 1. The van der Waals surface area contributed by atoms with E-state index in [4.69, 9.17) is 14.2 Å². The quantitative estimate of drug-likeness (QED) is 0.699. The molecule has 0 saturated carbocycles. The molecule has 0 bridgehead atoms. The molecule has 4 rings (SSSR count). The van der Waals surface area contributed by atoms with Crippen LogP contribution in [0.3, 0.4) is 0 Å². The Hall–Kier alpha value is -2.84. The minimum Gasteiger partial charge on any atom is -0.463 e. The zero-order valence-electron chi connectivity index (χ0n) is 16.1. The van der Waals surface area contributed by atoms with E-state index in [0.29, 0.717) is 22.6 Å². The van der Waals surface area contributed by atoms with Gasteiger partial charge in [0.2, 0.25) is 16.8 Å². The molecule has 2 aromatic rings. The standard InChI is InChI=1S/C21H21NO6S/c1-3-26-21(23)17-10-11-22(29(24,25)16-7-4-14(2)5-8-16)20(17)15-6-9-18-19(12-15)28-13-27-18/h4-10,12,20H,3,11,13H2,1-2H3. The van der Waals surface area contributed by atoms with Crippen LogP contribution in [-0.2, 0) is 19.6 Å². The summed E-state index contributed by atoms with van der Waals surface area (Å²) in [6.07, 6.45) is 1.61. The third kappa shape index (κ3) is 3.49. The van der Waals surface area contributed by atoms with Crippen molar-refractivity contribution in [2.45, 2.75) is 24.8 Å². The predicted octanol–water partition coefficient (Wildman–Crippen LogP) is 2.96. The first-order valence-corrected chi connectivity index (χ1v) is 10.7. The Morgan fingerprint density at radius 3 is 2.59 bits per heavy atom. The van der Waals surface area contributed by atoms with Crippen LogP contribution in [0, 0.1) is 6.92 Å². The van der Waals surface area contributed by atoms with Crippen LogP contribution in [0.4, 0.5) is 0 Å². The van der Waals surface area contributed by atoms with Gasteiger partial charge in [-0.05, 0) is 43.7 Å². The van der Waals surface area contributed by atoms with Gasteiger partial charge in [0.15, 0.2) is 11.5 Å². The molecule has 2 aliphatic rings. The van der Waals surface area contributed by atoms with Crippen LogP contribution in [0.2, 0.25) is 0 Å². The van der Waals surface area contributed by atoms with E-state index < -0.39 is 22.0 Å². The number of carbonyl (C=O) groups excluding carboxylic acids is 1. The maximum Gasteiger partial charge on any atom is 0.335 e. The Bertz CT molecular complexity index is 1070. The Morgan fingerprint density at radius 1 is 1.14 bits per heavy atom. The first-order valence-electron chi connectivity index (χ1n) is 9.27. The highest BCUT2D eigenvalue weighted by atomic mass is 32.2. The summed E-state index contributed by atoms with van der Waals surface area (Å²) >= 11 is 0. The summed E-state index contributed by atoms with van der Waals surface area (Å²) in [5, 5.41) is 0. The van der Waals surface area contributed by atoms with Crippen LogP contribution in [0.5, 0.6) is 11.5 Å². The van der Waals surface area contributed by atoms with Crippen LogP contribution in [-0.4, -0.2) is 38.6 Å². The number of ether oxygens (including phenoxy) is 3. The molecule has 1 atom stereocenters. The highest BCUT2D eigenvalue weighted by Gasteiger charge is 2.41. The largest absolute Gasteiger partial charge is 0.463 e. The molecule has 2 heterocycles. The number of esters is 1. The van der Waals surface area contributed by atoms with Gasteiger partial charge in [-0.2, -0.15) is 4.31 Å². The summed E-state index contributed by atoms with van der Waals surface area (Å²) < 4.78 is 44.0. The molecule has 0 aromatic heterocycles. The summed E-state index contributed by atoms with van der Waals surface area (Å²) in [6, 6.07) is 11.0. The summed E-state index contributed by atoms with van der Waals surface area (Å²) in [5.74, 6) is 0.573. The summed E-state index contributed by atoms with van der Waals surface area (Å²) in [7, 11) is -3.85. The van der Waals surface area contributed by atoms with E-state index in [1.165, 1.54) is 4.31 Å². The Kier molecular flexibility index (Phi) is 5.06. The summed E-state index contributed by atoms with van der Waals surface area (Å²) in [5.41, 5.74) is 1.87. The van der Waals surface area contributed by atoms with Crippen LogP contribution >= 0.6 is 0 Å². The summed E-state index contributed by atoms with van der Waals surface area (Å²) in [6.45, 7) is 3.99. The number of aryl methyl sites for hydroxylation is 1. The van der Waals surface area contributed by atoms with Crippen molar-refractivity contribution < 1.29 is 27.4 Å². The molecule has 0 aliphatic carbocycles. The second kappa shape index (κ2) is 7.53. The van der Waals surface area contributed by atoms with Gasteiger partial charge < -0.3 is 14.2 Å². The minimum atomic E-state index is -3.85. The number of sulfonamides is 1. The van der Waals surface area contributed by atoms with Gasteiger partial charge in [0.1, 0.15) is 0 Å². The molecule has 0 saturated heterocycles. The van der Waals surface area contributed by atoms with Gasteiger partial charge in [-0.25, -0.2) is 13.2 Å². The summed E-state index contributed by atoms with van der Waals surface area (Å²) in [4.78, 5) is 12.7. The Balaban J connectivity index is 1.77. The first kappa shape index (κ1) is 19.5. The molecule has 0 N–H and O–H groups in total. The second-order valence-electron chi connectivity index (χ2n) is 6.78. The first-order chi connectivity index (χ1) is 13.9. The topological polar surface area (TPSA) is 82.1 Å². The lowest BCUT2D eigenvalue weighted by molar-refractivity contribution is -0.138. The number of hydrogen-bond donors (Lipinski definition) is 0. The van der Waals surface area contributed by atoms with Gasteiger partial charge >= 0.3 is 5.97 Å². The van der Waals surface area contributed by atoms with Crippen molar-refractivity contribution in [1.82, 2.24) is 4.31 Å². The number of benzene rings is 2. The fourth-order valence-corrected chi connectivity index (χ4v) is 5.02. The van der Waals surface area contributed by atoms with Gasteiger partial charge in [-0.1, -0.05) is 29.8 Å². The van der Waals surface area contributed by atoms with Crippen molar-refractivity contribution in [3.05, 3.63) is 65.2 Å². The number of nitrogens with zero attached hydrogens (tertiary/aromatic N) is 1. The fraction of sp³-hybridized carbons (Fsp3) is 0.286. The van der Waals surface area contributed by atoms with E-state index >= 15 is 0 Å². The van der Waals surface area contributed by atoms with Crippen LogP contribution in [0.15, 0.2) is 59.0 Å². The van der Waals surface area contributed by atoms with Gasteiger partial charge in [0.05, 0.1) is 23.1 Å². The van der Waals surface area contributed by atoms with E-state index in [0.717, 1.165) is 5.56 Å². The normalized spacial score (nSPS) is 18.6. The monoisotopic (exact) mass is 415 g/mol. The maximum atomic E-state index is 13.4. The van der Waals surface area contributed by atoms with Crippen LogP contribution < -0.4 is 9.47 Å². The van der Waals surface area contributed by atoms with Gasteiger partial charge in [0.25, 0.3) is 0 Å². The van der Waals surface area contributed by atoms with Crippen LogP contribution in [0.25, 0.3) is 0 Å². The number of hydrogen-bond acceptors (Lipinski definition) is 6. The van der Waals surface area contributed by atoms with Crippen molar-refractivity contribution in [3.63, 3.8) is 0 Å². The van der Waals surface area contributed by atoms with E-state index in [2.05, 4.69) is 0 Å². The molecule has 1 unspecified atom stereocenters. The smallest absolute Gasteiger partial charge is 0.335 e. The Morgan fingerprint density at radius 2 is 1.86 bits per heavy atom. The third-order valence-corrected chi connectivity index (χ3v) is 6.77.